The van der Waals surface area contributed by atoms with E-state index in [1.165, 1.54) is 24.3 Å². The van der Waals surface area contributed by atoms with Crippen molar-refractivity contribution in [2.45, 2.75) is 51.4 Å². The van der Waals surface area contributed by atoms with Crippen LogP contribution in [0.5, 0.6) is 0 Å². The van der Waals surface area contributed by atoms with Gasteiger partial charge in [-0.15, -0.1) is 24.0 Å². The van der Waals surface area contributed by atoms with Gasteiger partial charge in [0.05, 0.1) is 0 Å². The zero-order valence-corrected chi connectivity index (χ0v) is 16.5. The van der Waals surface area contributed by atoms with E-state index >= 15 is 0 Å². The van der Waals surface area contributed by atoms with Gasteiger partial charge in [-0.3, -0.25) is 9.67 Å². The first-order valence-electron chi connectivity index (χ1n) is 7.86. The van der Waals surface area contributed by atoms with Gasteiger partial charge in [0.15, 0.2) is 11.7 Å². The lowest BCUT2D eigenvalue weighted by atomic mass is 9.87. The Kier molecular flexibility index (Phi) is 7.81. The van der Waals surface area contributed by atoms with Crippen molar-refractivity contribution in [1.82, 2.24) is 20.4 Å². The fourth-order valence-electron chi connectivity index (χ4n) is 3.04. The van der Waals surface area contributed by atoms with Crippen molar-refractivity contribution in [3.63, 3.8) is 0 Å². The van der Waals surface area contributed by atoms with E-state index in [2.05, 4.69) is 27.6 Å². The Morgan fingerprint density at radius 1 is 1.42 bits per heavy atom. The van der Waals surface area contributed by atoms with Gasteiger partial charge in [0.2, 0.25) is 0 Å². The van der Waals surface area contributed by atoms with Crippen molar-refractivity contribution in [2.24, 2.45) is 18.0 Å². The Morgan fingerprint density at radius 3 is 2.71 bits per heavy atom. The first-order valence-corrected chi connectivity index (χ1v) is 7.86. The Labute approximate surface area is 157 Å². The van der Waals surface area contributed by atoms with Gasteiger partial charge in [0.25, 0.3) is 0 Å². The summed E-state index contributed by atoms with van der Waals surface area (Å²) in [7, 11) is 3.10. The second-order valence-corrected chi connectivity index (χ2v) is 6.21. The molecule has 24 heavy (non-hydrogen) atoms. The minimum absolute atomic E-state index is 0. The summed E-state index contributed by atoms with van der Waals surface area (Å²) in [5, 5.41) is 9.76. The normalized spacial score (nSPS) is 22.0. The zero-order chi connectivity index (χ0) is 17.0. The highest BCUT2D eigenvalue weighted by molar-refractivity contribution is 14.0. The number of halogens is 4. The molecule has 1 heterocycles. The maximum atomic E-state index is 12.9. The highest BCUT2D eigenvalue weighted by atomic mass is 127. The van der Waals surface area contributed by atoms with Gasteiger partial charge in [-0.2, -0.15) is 18.3 Å². The topological polar surface area (TPSA) is 54.2 Å². The SMILES string of the molecule is CN=C(NCc1cn(C)nc1C(F)(F)F)NC1CCCC(C)C1.I. The molecule has 138 valence electrons. The Morgan fingerprint density at radius 2 is 2.12 bits per heavy atom. The molecular weight excluding hydrogens is 434 g/mol. The average Bonchev–Trinajstić information content (AvgIpc) is 2.84. The molecule has 1 aliphatic carbocycles. The van der Waals surface area contributed by atoms with Crippen LogP contribution in [0.15, 0.2) is 11.2 Å². The van der Waals surface area contributed by atoms with E-state index in [0.717, 1.165) is 19.3 Å². The summed E-state index contributed by atoms with van der Waals surface area (Å²) < 4.78 is 40.0. The largest absolute Gasteiger partial charge is 0.435 e. The molecule has 0 saturated heterocycles. The van der Waals surface area contributed by atoms with E-state index in [0.29, 0.717) is 17.9 Å². The third-order valence-electron chi connectivity index (χ3n) is 4.12. The number of hydrogen-bond donors (Lipinski definition) is 2. The average molecular weight is 459 g/mol. The lowest BCUT2D eigenvalue weighted by Gasteiger charge is -2.28. The molecule has 2 rings (SSSR count). The first-order chi connectivity index (χ1) is 10.8. The lowest BCUT2D eigenvalue weighted by molar-refractivity contribution is -0.142. The van der Waals surface area contributed by atoms with Crippen LogP contribution in [0.4, 0.5) is 13.2 Å². The quantitative estimate of drug-likeness (QED) is 0.415. The zero-order valence-electron chi connectivity index (χ0n) is 14.2. The highest BCUT2D eigenvalue weighted by Crippen LogP contribution is 2.30. The number of nitrogens with one attached hydrogen (secondary N) is 2. The van der Waals surface area contributed by atoms with E-state index in [1.807, 2.05) is 0 Å². The first kappa shape index (κ1) is 21.0. The fourth-order valence-corrected chi connectivity index (χ4v) is 3.04. The van der Waals surface area contributed by atoms with Gasteiger partial charge in [-0.05, 0) is 18.8 Å². The standard InChI is InChI=1S/C15H24F3N5.HI/c1-10-5-4-6-12(7-10)21-14(19-2)20-8-11-9-23(3)22-13(11)15(16,17)18;/h9-10,12H,4-8H2,1-3H3,(H2,19,20,21);1H. The molecule has 0 spiro atoms. The van der Waals surface area contributed by atoms with Gasteiger partial charge in [0, 0.05) is 38.4 Å². The van der Waals surface area contributed by atoms with Crippen LogP contribution in [-0.2, 0) is 19.8 Å². The van der Waals surface area contributed by atoms with E-state index in [-0.39, 0.29) is 36.1 Å². The van der Waals surface area contributed by atoms with E-state index in [4.69, 9.17) is 0 Å². The van der Waals surface area contributed by atoms with Crippen molar-refractivity contribution < 1.29 is 13.2 Å². The molecule has 1 fully saturated rings. The number of nitrogens with zero attached hydrogens (tertiary/aromatic N) is 3. The van der Waals surface area contributed by atoms with Crippen LogP contribution < -0.4 is 10.6 Å². The number of rotatable bonds is 3. The van der Waals surface area contributed by atoms with Crippen molar-refractivity contribution in [2.75, 3.05) is 7.05 Å². The Bertz CT molecular complexity index is 556. The van der Waals surface area contributed by atoms with Gasteiger partial charge in [-0.25, -0.2) is 0 Å². The van der Waals surface area contributed by atoms with Crippen LogP contribution in [0.2, 0.25) is 0 Å². The van der Waals surface area contributed by atoms with Crippen LogP contribution in [0.1, 0.15) is 43.9 Å². The molecule has 2 N–H and O–H groups in total. The molecule has 9 heteroatoms. The molecule has 2 atom stereocenters. The molecule has 1 aliphatic rings. The summed E-state index contributed by atoms with van der Waals surface area (Å²) in [4.78, 5) is 4.11. The Balaban J connectivity index is 0.00000288. The minimum Gasteiger partial charge on any atom is -0.354 e. The molecule has 2 unspecified atom stereocenters. The molecule has 1 aromatic rings. The second kappa shape index (κ2) is 8.91. The number of aliphatic imine (C=N–C) groups is 1. The van der Waals surface area contributed by atoms with Crippen molar-refractivity contribution in [3.05, 3.63) is 17.5 Å². The maximum Gasteiger partial charge on any atom is 0.435 e. The van der Waals surface area contributed by atoms with Crippen LogP contribution in [0, 0.1) is 5.92 Å². The van der Waals surface area contributed by atoms with E-state index in [9.17, 15) is 13.2 Å². The van der Waals surface area contributed by atoms with Crippen molar-refractivity contribution in [3.8, 4) is 0 Å². The summed E-state index contributed by atoms with van der Waals surface area (Å²) in [6.45, 7) is 2.25. The predicted molar refractivity (Wildman–Crippen MR) is 98.4 cm³/mol. The predicted octanol–water partition coefficient (Wildman–Crippen LogP) is 3.30. The third kappa shape index (κ3) is 5.82. The molecule has 0 aromatic carbocycles. The van der Waals surface area contributed by atoms with Crippen molar-refractivity contribution in [1.29, 1.82) is 0 Å². The number of guanidine groups is 1. The maximum absolute atomic E-state index is 12.9. The van der Waals surface area contributed by atoms with Crippen molar-refractivity contribution >= 4 is 29.9 Å². The minimum atomic E-state index is -4.45. The molecule has 0 radical (unpaired) electrons. The molecule has 0 aliphatic heterocycles. The summed E-state index contributed by atoms with van der Waals surface area (Å²) in [6.07, 6.45) is 1.44. The van der Waals surface area contributed by atoms with Gasteiger partial charge >= 0.3 is 6.18 Å². The van der Waals surface area contributed by atoms with E-state index in [1.54, 1.807) is 7.05 Å². The van der Waals surface area contributed by atoms with E-state index < -0.39 is 11.9 Å². The van der Waals surface area contributed by atoms with Gasteiger partial charge < -0.3 is 10.6 Å². The summed E-state index contributed by atoms with van der Waals surface area (Å²) in [5.74, 6) is 1.19. The van der Waals surface area contributed by atoms with Crippen LogP contribution >= 0.6 is 24.0 Å². The molecule has 5 nitrogen and oxygen atoms in total. The number of alkyl halides is 3. The monoisotopic (exact) mass is 459 g/mol. The van der Waals surface area contributed by atoms with Gasteiger partial charge in [0.1, 0.15) is 0 Å². The summed E-state index contributed by atoms with van der Waals surface area (Å²) >= 11 is 0. The molecular formula is C15H25F3IN5. The smallest absolute Gasteiger partial charge is 0.354 e. The third-order valence-corrected chi connectivity index (χ3v) is 4.12. The Hall–Kier alpha value is -1.00. The fraction of sp³-hybridized carbons (Fsp3) is 0.733. The molecule has 0 bridgehead atoms. The summed E-state index contributed by atoms with van der Waals surface area (Å²) in [6, 6.07) is 0.320. The molecule has 1 saturated carbocycles. The van der Waals surface area contributed by atoms with Crippen LogP contribution in [0.3, 0.4) is 0 Å². The highest BCUT2D eigenvalue weighted by Gasteiger charge is 2.36. The summed E-state index contributed by atoms with van der Waals surface area (Å²) in [5.41, 5.74) is -0.741. The van der Waals surface area contributed by atoms with Gasteiger partial charge in [-0.1, -0.05) is 19.8 Å². The van der Waals surface area contributed by atoms with Crippen LogP contribution in [-0.4, -0.2) is 28.8 Å². The number of hydrogen-bond acceptors (Lipinski definition) is 2. The number of aryl methyl sites for hydroxylation is 1. The molecule has 0 amide bonds. The lowest BCUT2D eigenvalue weighted by Crippen LogP contribution is -2.44. The molecule has 1 aromatic heterocycles. The van der Waals surface area contributed by atoms with Crippen LogP contribution in [0.25, 0.3) is 0 Å². The second-order valence-electron chi connectivity index (χ2n) is 6.21. The number of aromatic nitrogens is 2.